The van der Waals surface area contributed by atoms with Crippen molar-refractivity contribution in [3.05, 3.63) is 54.4 Å². The molecule has 126 valence electrons. The van der Waals surface area contributed by atoms with Gasteiger partial charge in [0.25, 0.3) is 5.89 Å². The van der Waals surface area contributed by atoms with Crippen molar-refractivity contribution >= 4 is 11.0 Å². The number of nitrogens with zero attached hydrogens (tertiary/aromatic N) is 4. The average molecular weight is 344 g/mol. The van der Waals surface area contributed by atoms with Gasteiger partial charge in [0.2, 0.25) is 5.82 Å². The van der Waals surface area contributed by atoms with Crippen LogP contribution in [0.25, 0.3) is 33.9 Å². The molecule has 0 saturated carbocycles. The molecule has 0 spiro atoms. The number of imidazole rings is 1. The fourth-order valence-corrected chi connectivity index (χ4v) is 2.53. The van der Waals surface area contributed by atoms with Gasteiger partial charge in [0.05, 0.1) is 22.9 Å². The molecule has 2 aromatic heterocycles. The van der Waals surface area contributed by atoms with Crippen LogP contribution in [0.1, 0.15) is 5.56 Å². The molecule has 0 N–H and O–H groups in total. The Kier molecular flexibility index (Phi) is 3.34. The van der Waals surface area contributed by atoms with Gasteiger partial charge < -0.3 is 9.09 Å². The molecule has 0 saturated heterocycles. The summed E-state index contributed by atoms with van der Waals surface area (Å²) in [6, 6.07) is 10.1. The summed E-state index contributed by atoms with van der Waals surface area (Å²) in [5.41, 5.74) is 2.17. The molecule has 4 aromatic rings. The van der Waals surface area contributed by atoms with Gasteiger partial charge >= 0.3 is 6.18 Å². The summed E-state index contributed by atoms with van der Waals surface area (Å²) in [6.07, 6.45) is -2.67. The van der Waals surface area contributed by atoms with Gasteiger partial charge in [-0.15, -0.1) is 0 Å². The quantitative estimate of drug-likeness (QED) is 0.544. The van der Waals surface area contributed by atoms with Crippen LogP contribution in [0.15, 0.2) is 53.3 Å². The zero-order valence-corrected chi connectivity index (χ0v) is 12.9. The molecule has 0 aliphatic carbocycles. The second-order valence-electron chi connectivity index (χ2n) is 5.56. The second kappa shape index (κ2) is 5.44. The van der Waals surface area contributed by atoms with E-state index in [1.807, 2.05) is 29.8 Å². The van der Waals surface area contributed by atoms with Crippen LogP contribution in [0.4, 0.5) is 13.2 Å². The molecule has 8 heteroatoms. The SMILES string of the molecule is Cn1cnc2cc(-c3noc(-c4ccc(C(F)(F)F)cc4)n3)ccc21. The molecule has 0 radical (unpaired) electrons. The van der Waals surface area contributed by atoms with Crippen molar-refractivity contribution in [3.8, 4) is 22.8 Å². The molecule has 0 fully saturated rings. The highest BCUT2D eigenvalue weighted by Gasteiger charge is 2.30. The van der Waals surface area contributed by atoms with E-state index >= 15 is 0 Å². The Labute approximate surface area is 139 Å². The van der Waals surface area contributed by atoms with E-state index in [1.54, 1.807) is 6.33 Å². The van der Waals surface area contributed by atoms with E-state index in [4.69, 9.17) is 4.52 Å². The minimum Gasteiger partial charge on any atom is -0.334 e. The first kappa shape index (κ1) is 15.4. The number of hydrogen-bond donors (Lipinski definition) is 0. The molecule has 0 amide bonds. The minimum absolute atomic E-state index is 0.157. The maximum Gasteiger partial charge on any atom is 0.416 e. The smallest absolute Gasteiger partial charge is 0.334 e. The molecule has 0 bridgehead atoms. The molecule has 0 unspecified atom stereocenters. The Bertz CT molecular complexity index is 1050. The Hall–Kier alpha value is -3.16. The lowest BCUT2D eigenvalue weighted by molar-refractivity contribution is -0.137. The topological polar surface area (TPSA) is 56.7 Å². The summed E-state index contributed by atoms with van der Waals surface area (Å²) in [6.45, 7) is 0. The first-order chi connectivity index (χ1) is 11.9. The van der Waals surface area contributed by atoms with E-state index < -0.39 is 11.7 Å². The van der Waals surface area contributed by atoms with Crippen molar-refractivity contribution in [1.82, 2.24) is 19.7 Å². The van der Waals surface area contributed by atoms with Crippen LogP contribution in [0.3, 0.4) is 0 Å². The molecule has 25 heavy (non-hydrogen) atoms. The summed E-state index contributed by atoms with van der Waals surface area (Å²) in [5, 5.41) is 3.90. The van der Waals surface area contributed by atoms with Crippen LogP contribution in [0, 0.1) is 0 Å². The van der Waals surface area contributed by atoms with E-state index in [9.17, 15) is 13.2 Å². The molecular weight excluding hydrogens is 333 g/mol. The van der Waals surface area contributed by atoms with Gasteiger partial charge in [-0.2, -0.15) is 18.2 Å². The highest BCUT2D eigenvalue weighted by molar-refractivity contribution is 5.80. The van der Waals surface area contributed by atoms with Crippen molar-refractivity contribution in [2.45, 2.75) is 6.18 Å². The van der Waals surface area contributed by atoms with Gasteiger partial charge in [0.15, 0.2) is 0 Å². The van der Waals surface area contributed by atoms with E-state index in [0.29, 0.717) is 17.0 Å². The Morgan fingerprint density at radius 1 is 1.00 bits per heavy atom. The van der Waals surface area contributed by atoms with Crippen molar-refractivity contribution in [2.75, 3.05) is 0 Å². The van der Waals surface area contributed by atoms with Crippen molar-refractivity contribution in [3.63, 3.8) is 0 Å². The molecule has 5 nitrogen and oxygen atoms in total. The maximum absolute atomic E-state index is 12.6. The summed E-state index contributed by atoms with van der Waals surface area (Å²) in [7, 11) is 1.89. The van der Waals surface area contributed by atoms with Crippen molar-refractivity contribution in [1.29, 1.82) is 0 Å². The Balaban J connectivity index is 1.67. The summed E-state index contributed by atoms with van der Waals surface area (Å²) < 4.78 is 44.9. The van der Waals surface area contributed by atoms with E-state index in [0.717, 1.165) is 23.2 Å². The monoisotopic (exact) mass is 344 g/mol. The zero-order chi connectivity index (χ0) is 17.6. The Morgan fingerprint density at radius 3 is 2.44 bits per heavy atom. The molecule has 2 aromatic carbocycles. The number of aromatic nitrogens is 4. The summed E-state index contributed by atoms with van der Waals surface area (Å²) in [4.78, 5) is 8.53. The molecule has 2 heterocycles. The lowest BCUT2D eigenvalue weighted by Gasteiger charge is -2.05. The zero-order valence-electron chi connectivity index (χ0n) is 12.9. The standard InChI is InChI=1S/C17H11F3N4O/c1-24-9-21-13-8-11(4-7-14(13)24)15-22-16(25-23-15)10-2-5-12(6-3-10)17(18,19)20/h2-9H,1H3. The highest BCUT2D eigenvalue weighted by Crippen LogP contribution is 2.31. The number of alkyl halides is 3. The van der Waals surface area contributed by atoms with Crippen LogP contribution in [-0.4, -0.2) is 19.7 Å². The van der Waals surface area contributed by atoms with Crippen LogP contribution in [-0.2, 0) is 13.2 Å². The predicted molar refractivity (Wildman–Crippen MR) is 84.4 cm³/mol. The third-order valence-corrected chi connectivity index (χ3v) is 3.87. The fourth-order valence-electron chi connectivity index (χ4n) is 2.53. The van der Waals surface area contributed by atoms with E-state index in [-0.39, 0.29) is 5.89 Å². The molecule has 0 aliphatic heterocycles. The number of rotatable bonds is 2. The lowest BCUT2D eigenvalue weighted by Crippen LogP contribution is -2.03. The second-order valence-corrected chi connectivity index (χ2v) is 5.56. The first-order valence-electron chi connectivity index (χ1n) is 7.34. The van der Waals surface area contributed by atoms with Gasteiger partial charge in [-0.05, 0) is 42.5 Å². The fraction of sp³-hybridized carbons (Fsp3) is 0.118. The number of benzene rings is 2. The van der Waals surface area contributed by atoms with Crippen molar-refractivity contribution in [2.24, 2.45) is 7.05 Å². The van der Waals surface area contributed by atoms with Crippen LogP contribution in [0.5, 0.6) is 0 Å². The van der Waals surface area contributed by atoms with Crippen LogP contribution >= 0.6 is 0 Å². The average Bonchev–Trinajstić information content (AvgIpc) is 3.21. The van der Waals surface area contributed by atoms with Crippen molar-refractivity contribution < 1.29 is 17.7 Å². The van der Waals surface area contributed by atoms with Crippen LogP contribution < -0.4 is 0 Å². The van der Waals surface area contributed by atoms with Crippen LogP contribution in [0.2, 0.25) is 0 Å². The van der Waals surface area contributed by atoms with Gasteiger partial charge in [0.1, 0.15) is 0 Å². The number of halogens is 3. The third-order valence-electron chi connectivity index (χ3n) is 3.87. The Morgan fingerprint density at radius 2 is 1.72 bits per heavy atom. The molecule has 4 rings (SSSR count). The number of fused-ring (bicyclic) bond motifs is 1. The minimum atomic E-state index is -4.38. The predicted octanol–water partition coefficient (Wildman–Crippen LogP) is 4.31. The van der Waals surface area contributed by atoms with E-state index in [2.05, 4.69) is 15.1 Å². The molecule has 0 atom stereocenters. The summed E-state index contributed by atoms with van der Waals surface area (Å²) >= 11 is 0. The number of hydrogen-bond acceptors (Lipinski definition) is 4. The largest absolute Gasteiger partial charge is 0.416 e. The van der Waals surface area contributed by atoms with Gasteiger partial charge in [-0.25, -0.2) is 4.98 Å². The van der Waals surface area contributed by atoms with Gasteiger partial charge in [0, 0.05) is 18.2 Å². The molecular formula is C17H11F3N4O. The third kappa shape index (κ3) is 2.75. The maximum atomic E-state index is 12.6. The highest BCUT2D eigenvalue weighted by atomic mass is 19.4. The first-order valence-corrected chi connectivity index (χ1v) is 7.34. The molecule has 0 aliphatic rings. The van der Waals surface area contributed by atoms with Gasteiger partial charge in [-0.3, -0.25) is 0 Å². The normalized spacial score (nSPS) is 12.0. The van der Waals surface area contributed by atoms with Gasteiger partial charge in [-0.1, -0.05) is 5.16 Å². The summed E-state index contributed by atoms with van der Waals surface area (Å²) in [5.74, 6) is 0.507. The number of aryl methyl sites for hydroxylation is 1. The van der Waals surface area contributed by atoms with E-state index in [1.165, 1.54) is 12.1 Å². The lowest BCUT2D eigenvalue weighted by atomic mass is 10.1.